The summed E-state index contributed by atoms with van der Waals surface area (Å²) in [6.45, 7) is 0. The Morgan fingerprint density at radius 2 is 1.81 bits per heavy atom. The van der Waals surface area contributed by atoms with E-state index in [1.54, 1.807) is 6.07 Å². The van der Waals surface area contributed by atoms with Gasteiger partial charge >= 0.3 is 0 Å². The van der Waals surface area contributed by atoms with E-state index in [4.69, 9.17) is 28.5 Å². The van der Waals surface area contributed by atoms with Crippen LogP contribution in [0.15, 0.2) is 41.3 Å². The molecule has 0 fully saturated rings. The van der Waals surface area contributed by atoms with Crippen molar-refractivity contribution in [1.29, 1.82) is 5.26 Å². The molecule has 1 N–H and O–H groups in total. The summed E-state index contributed by atoms with van der Waals surface area (Å²) in [6, 6.07) is 8.73. The Labute approximate surface area is 130 Å². The van der Waals surface area contributed by atoms with Crippen molar-refractivity contribution in [1.82, 2.24) is 0 Å². The van der Waals surface area contributed by atoms with Gasteiger partial charge in [0.2, 0.25) is 0 Å². The molecule has 0 saturated heterocycles. The molecule has 21 heavy (non-hydrogen) atoms. The van der Waals surface area contributed by atoms with Gasteiger partial charge in [0.15, 0.2) is 0 Å². The van der Waals surface area contributed by atoms with Gasteiger partial charge in [0.25, 0.3) is 10.0 Å². The van der Waals surface area contributed by atoms with Crippen LogP contribution in [0, 0.1) is 17.1 Å². The van der Waals surface area contributed by atoms with Crippen molar-refractivity contribution in [2.75, 3.05) is 4.72 Å². The number of nitrogens with one attached hydrogen (secondary N) is 1. The van der Waals surface area contributed by atoms with E-state index in [-0.39, 0.29) is 26.2 Å². The molecule has 0 aliphatic rings. The summed E-state index contributed by atoms with van der Waals surface area (Å²) in [5.74, 6) is -0.786. The van der Waals surface area contributed by atoms with Crippen molar-refractivity contribution in [3.63, 3.8) is 0 Å². The molecular weight excluding hydrogens is 338 g/mol. The zero-order chi connectivity index (χ0) is 15.6. The van der Waals surface area contributed by atoms with Gasteiger partial charge in [-0.15, -0.1) is 0 Å². The maximum absolute atomic E-state index is 13.2. The first-order chi connectivity index (χ1) is 9.83. The Morgan fingerprint density at radius 1 is 1.10 bits per heavy atom. The first kappa shape index (κ1) is 15.6. The number of hydrogen-bond acceptors (Lipinski definition) is 3. The lowest BCUT2D eigenvalue weighted by Crippen LogP contribution is -2.13. The maximum atomic E-state index is 13.2. The molecule has 0 aromatic heterocycles. The second-order valence-corrected chi connectivity index (χ2v) is 6.48. The molecule has 108 valence electrons. The Morgan fingerprint density at radius 3 is 2.43 bits per heavy atom. The molecule has 8 heteroatoms. The molecule has 0 unspecified atom stereocenters. The third kappa shape index (κ3) is 3.45. The molecule has 0 radical (unpaired) electrons. The zero-order valence-electron chi connectivity index (χ0n) is 10.3. The van der Waals surface area contributed by atoms with E-state index in [1.807, 2.05) is 0 Å². The predicted molar refractivity (Wildman–Crippen MR) is 78.4 cm³/mol. The highest BCUT2D eigenvalue weighted by atomic mass is 35.5. The Bertz CT molecular complexity index is 848. The van der Waals surface area contributed by atoms with Gasteiger partial charge in [0.1, 0.15) is 11.9 Å². The highest BCUT2D eigenvalue weighted by Crippen LogP contribution is 2.26. The molecular formula is C13H7Cl2FN2O2S. The molecule has 2 rings (SSSR count). The maximum Gasteiger partial charge on any atom is 0.261 e. The molecule has 0 amide bonds. The molecule has 0 spiro atoms. The fourth-order valence-corrected chi connectivity index (χ4v) is 2.90. The Kier molecular flexibility index (Phi) is 4.37. The summed E-state index contributed by atoms with van der Waals surface area (Å²) in [4.78, 5) is -0.230. The zero-order valence-corrected chi connectivity index (χ0v) is 12.6. The van der Waals surface area contributed by atoms with Crippen LogP contribution in [-0.4, -0.2) is 8.42 Å². The molecule has 0 saturated carbocycles. The fourth-order valence-electron chi connectivity index (χ4n) is 1.53. The molecule has 0 heterocycles. The largest absolute Gasteiger partial charge is 0.280 e. The lowest BCUT2D eigenvalue weighted by Gasteiger charge is -2.09. The summed E-state index contributed by atoms with van der Waals surface area (Å²) >= 11 is 11.5. The smallest absolute Gasteiger partial charge is 0.261 e. The topological polar surface area (TPSA) is 70.0 Å². The van der Waals surface area contributed by atoms with Gasteiger partial charge < -0.3 is 0 Å². The summed E-state index contributed by atoms with van der Waals surface area (Å²) in [5.41, 5.74) is -0.153. The minimum absolute atomic E-state index is 0.189. The quantitative estimate of drug-likeness (QED) is 0.920. The monoisotopic (exact) mass is 344 g/mol. The van der Waals surface area contributed by atoms with Crippen molar-refractivity contribution >= 4 is 38.9 Å². The van der Waals surface area contributed by atoms with Crippen LogP contribution < -0.4 is 4.72 Å². The molecule has 2 aromatic rings. The van der Waals surface area contributed by atoms with Gasteiger partial charge in [-0.05, 0) is 36.4 Å². The average Bonchev–Trinajstić information content (AvgIpc) is 2.43. The summed E-state index contributed by atoms with van der Waals surface area (Å²) in [5, 5.41) is 9.20. The van der Waals surface area contributed by atoms with Crippen LogP contribution in [0.3, 0.4) is 0 Å². The van der Waals surface area contributed by atoms with Crippen LogP contribution in [0.25, 0.3) is 0 Å². The van der Waals surface area contributed by atoms with E-state index in [2.05, 4.69) is 4.72 Å². The van der Waals surface area contributed by atoms with Gasteiger partial charge in [-0.1, -0.05) is 23.2 Å². The molecule has 2 aromatic carbocycles. The second-order valence-electron chi connectivity index (χ2n) is 3.99. The van der Waals surface area contributed by atoms with E-state index in [9.17, 15) is 12.8 Å². The molecule has 0 aliphatic heterocycles. The van der Waals surface area contributed by atoms with Crippen molar-refractivity contribution in [2.45, 2.75) is 4.90 Å². The van der Waals surface area contributed by atoms with Crippen LogP contribution in [0.2, 0.25) is 10.0 Å². The first-order valence-electron chi connectivity index (χ1n) is 5.51. The van der Waals surface area contributed by atoms with Gasteiger partial charge in [-0.25, -0.2) is 12.8 Å². The number of benzene rings is 2. The van der Waals surface area contributed by atoms with E-state index in [0.717, 1.165) is 18.2 Å². The van der Waals surface area contributed by atoms with Crippen LogP contribution in [0.4, 0.5) is 10.1 Å². The highest BCUT2D eigenvalue weighted by molar-refractivity contribution is 7.92. The molecule has 0 atom stereocenters. The van der Waals surface area contributed by atoms with Crippen molar-refractivity contribution in [3.8, 4) is 6.07 Å². The van der Waals surface area contributed by atoms with E-state index in [0.29, 0.717) is 0 Å². The second kappa shape index (κ2) is 5.90. The number of anilines is 1. The van der Waals surface area contributed by atoms with E-state index >= 15 is 0 Å². The summed E-state index contributed by atoms with van der Waals surface area (Å²) in [6.07, 6.45) is 0. The van der Waals surface area contributed by atoms with Gasteiger partial charge in [-0.2, -0.15) is 5.26 Å². The fraction of sp³-hybridized carbons (Fsp3) is 0. The normalized spacial score (nSPS) is 11.0. The number of nitrogens with zero attached hydrogens (tertiary/aromatic N) is 1. The van der Waals surface area contributed by atoms with Crippen LogP contribution >= 0.6 is 23.2 Å². The SMILES string of the molecule is N#Cc1cc(S(=O)(=O)Nc2ccc(Cl)c(Cl)c2)ccc1F. The Balaban J connectivity index is 2.38. The number of sulfonamides is 1. The van der Waals surface area contributed by atoms with Crippen LogP contribution in [-0.2, 0) is 10.0 Å². The minimum atomic E-state index is -3.96. The number of nitriles is 1. The number of hydrogen-bond donors (Lipinski definition) is 1. The predicted octanol–water partition coefficient (Wildman–Crippen LogP) is 3.80. The van der Waals surface area contributed by atoms with Gasteiger partial charge in [0, 0.05) is 0 Å². The number of rotatable bonds is 3. The third-order valence-corrected chi connectivity index (χ3v) is 4.66. The van der Waals surface area contributed by atoms with Crippen LogP contribution in [0.1, 0.15) is 5.56 Å². The lowest BCUT2D eigenvalue weighted by atomic mass is 10.2. The van der Waals surface area contributed by atoms with Crippen molar-refractivity contribution < 1.29 is 12.8 Å². The van der Waals surface area contributed by atoms with Gasteiger partial charge in [0.05, 0.1) is 26.2 Å². The third-order valence-electron chi connectivity index (χ3n) is 2.54. The highest BCUT2D eigenvalue weighted by Gasteiger charge is 2.17. The lowest BCUT2D eigenvalue weighted by molar-refractivity contribution is 0.599. The summed E-state index contributed by atoms with van der Waals surface area (Å²) in [7, 11) is -3.96. The standard InChI is InChI=1S/C13H7Cl2FN2O2S/c14-11-3-1-9(6-12(11)15)18-21(19,20)10-2-4-13(16)8(5-10)7-17/h1-6,18H. The van der Waals surface area contributed by atoms with Crippen molar-refractivity contribution in [3.05, 3.63) is 57.8 Å². The summed E-state index contributed by atoms with van der Waals surface area (Å²) < 4.78 is 39.8. The van der Waals surface area contributed by atoms with E-state index in [1.165, 1.54) is 18.2 Å². The molecule has 0 aliphatic carbocycles. The molecule has 4 nitrogen and oxygen atoms in total. The molecule has 0 bridgehead atoms. The minimum Gasteiger partial charge on any atom is -0.280 e. The first-order valence-corrected chi connectivity index (χ1v) is 7.75. The average molecular weight is 345 g/mol. The Hall–Kier alpha value is -1.81. The van der Waals surface area contributed by atoms with Crippen molar-refractivity contribution in [2.24, 2.45) is 0 Å². The number of halogens is 3. The van der Waals surface area contributed by atoms with Crippen LogP contribution in [0.5, 0.6) is 0 Å². The van der Waals surface area contributed by atoms with Gasteiger partial charge in [-0.3, -0.25) is 4.72 Å². The van der Waals surface area contributed by atoms with E-state index < -0.39 is 15.8 Å².